The molecular weight excluding hydrogens is 422 g/mol. The predicted octanol–water partition coefficient (Wildman–Crippen LogP) is 5.67. The summed E-state index contributed by atoms with van der Waals surface area (Å²) in [5.74, 6) is -0.451. The molecule has 168 valence electrons. The monoisotopic (exact) mass is 451 g/mol. The molecular formula is C25H29N3O3S. The van der Waals surface area contributed by atoms with Gasteiger partial charge in [-0.15, -0.1) is 0 Å². The lowest BCUT2D eigenvalue weighted by Gasteiger charge is -2.34. The topological polar surface area (TPSA) is 70.7 Å². The van der Waals surface area contributed by atoms with Gasteiger partial charge in [0.05, 0.1) is 30.1 Å². The number of methoxy groups -OCH3 is 1. The molecule has 2 aliphatic rings. The van der Waals surface area contributed by atoms with Crippen LogP contribution in [0.1, 0.15) is 51.1 Å². The summed E-state index contributed by atoms with van der Waals surface area (Å²) < 4.78 is 4.99. The molecule has 0 saturated heterocycles. The summed E-state index contributed by atoms with van der Waals surface area (Å²) >= 11 is 1.72. The standard InChI is InChI=1S/C25H29N3O3S/c1-4-5-6-9-14-28-18-10-7-8-11-20(18)32-21-15-17(12-13-19(21)28)23-22(24(29)31-3)16(2)26-25(30)27-23/h7-8,10-13,15,23H,4-6,9,14H2,1-3H3,(H2,26,27,30). The van der Waals surface area contributed by atoms with E-state index in [9.17, 15) is 9.59 Å². The molecule has 32 heavy (non-hydrogen) atoms. The van der Waals surface area contributed by atoms with E-state index in [2.05, 4.69) is 58.9 Å². The third kappa shape index (κ3) is 4.35. The van der Waals surface area contributed by atoms with Gasteiger partial charge in [0.15, 0.2) is 0 Å². The third-order valence-corrected chi connectivity index (χ3v) is 7.01. The number of allylic oxidation sites excluding steroid dienone is 1. The first-order chi connectivity index (χ1) is 15.5. The number of ether oxygens (including phenoxy) is 1. The van der Waals surface area contributed by atoms with Gasteiger partial charge in [0.2, 0.25) is 0 Å². The van der Waals surface area contributed by atoms with Crippen LogP contribution in [0.2, 0.25) is 0 Å². The summed E-state index contributed by atoms with van der Waals surface area (Å²) in [7, 11) is 1.35. The van der Waals surface area contributed by atoms with Crippen LogP contribution in [0.15, 0.2) is 63.5 Å². The van der Waals surface area contributed by atoms with Gasteiger partial charge in [-0.05, 0) is 43.2 Å². The van der Waals surface area contributed by atoms with Gasteiger partial charge in [-0.3, -0.25) is 0 Å². The quantitative estimate of drug-likeness (QED) is 0.419. The third-order valence-electron chi connectivity index (χ3n) is 5.89. The number of hydrogen-bond acceptors (Lipinski definition) is 5. The Labute approximate surface area is 193 Å². The number of benzene rings is 2. The van der Waals surface area contributed by atoms with Crippen LogP contribution in [0, 0.1) is 0 Å². The molecule has 1 atom stereocenters. The van der Waals surface area contributed by atoms with Crippen LogP contribution in [0.4, 0.5) is 16.2 Å². The lowest BCUT2D eigenvalue weighted by atomic mass is 9.95. The minimum absolute atomic E-state index is 0.326. The number of rotatable bonds is 7. The average Bonchev–Trinajstić information content (AvgIpc) is 2.79. The molecule has 0 aromatic heterocycles. The number of unbranched alkanes of at least 4 members (excludes halogenated alkanes) is 3. The molecule has 0 radical (unpaired) electrons. The van der Waals surface area contributed by atoms with Gasteiger partial charge in [0.25, 0.3) is 0 Å². The summed E-state index contributed by atoms with van der Waals surface area (Å²) in [6, 6.07) is 13.8. The second kappa shape index (κ2) is 9.69. The average molecular weight is 452 g/mol. The highest BCUT2D eigenvalue weighted by Crippen LogP contribution is 2.49. The molecule has 4 rings (SSSR count). The summed E-state index contributed by atoms with van der Waals surface area (Å²) in [6.07, 6.45) is 4.80. The number of carbonyl (C=O) groups excluding carboxylic acids is 2. The highest BCUT2D eigenvalue weighted by atomic mass is 32.2. The molecule has 7 heteroatoms. The van der Waals surface area contributed by atoms with Crippen LogP contribution in [-0.4, -0.2) is 25.7 Å². The zero-order chi connectivity index (χ0) is 22.7. The van der Waals surface area contributed by atoms with Gasteiger partial charge < -0.3 is 20.3 Å². The van der Waals surface area contributed by atoms with Gasteiger partial charge in [0.1, 0.15) is 0 Å². The van der Waals surface area contributed by atoms with E-state index in [0.717, 1.165) is 29.1 Å². The van der Waals surface area contributed by atoms with Crippen LogP contribution >= 0.6 is 11.8 Å². The summed E-state index contributed by atoms with van der Waals surface area (Å²) in [4.78, 5) is 29.3. The Bertz CT molecular complexity index is 1070. The number of para-hydroxylation sites is 1. The van der Waals surface area contributed by atoms with Gasteiger partial charge in [0, 0.05) is 22.0 Å². The lowest BCUT2D eigenvalue weighted by Crippen LogP contribution is -2.45. The van der Waals surface area contributed by atoms with E-state index in [0.29, 0.717) is 11.3 Å². The molecule has 2 aromatic carbocycles. The van der Waals surface area contributed by atoms with E-state index >= 15 is 0 Å². The Balaban J connectivity index is 1.70. The number of fused-ring (bicyclic) bond motifs is 2. The van der Waals surface area contributed by atoms with Gasteiger partial charge in [-0.2, -0.15) is 0 Å². The molecule has 0 fully saturated rings. The number of anilines is 2. The van der Waals surface area contributed by atoms with Crippen molar-refractivity contribution in [2.75, 3.05) is 18.6 Å². The van der Waals surface area contributed by atoms with Crippen LogP contribution < -0.4 is 15.5 Å². The number of nitrogens with one attached hydrogen (secondary N) is 2. The number of amides is 2. The number of urea groups is 1. The molecule has 0 spiro atoms. The Hall–Kier alpha value is -2.93. The second-order valence-corrected chi connectivity index (χ2v) is 9.15. The zero-order valence-electron chi connectivity index (χ0n) is 18.7. The number of hydrogen-bond donors (Lipinski definition) is 2. The van der Waals surface area contributed by atoms with Crippen molar-refractivity contribution in [2.24, 2.45) is 0 Å². The minimum Gasteiger partial charge on any atom is -0.466 e. The molecule has 2 aromatic rings. The van der Waals surface area contributed by atoms with Crippen molar-refractivity contribution in [3.8, 4) is 0 Å². The first-order valence-corrected chi connectivity index (χ1v) is 11.9. The highest BCUT2D eigenvalue weighted by Gasteiger charge is 2.33. The van der Waals surface area contributed by atoms with E-state index in [1.165, 1.54) is 37.0 Å². The molecule has 0 bridgehead atoms. The second-order valence-electron chi connectivity index (χ2n) is 8.07. The maximum Gasteiger partial charge on any atom is 0.337 e. The van der Waals surface area contributed by atoms with E-state index in [4.69, 9.17) is 4.74 Å². The molecule has 2 N–H and O–H groups in total. The van der Waals surface area contributed by atoms with E-state index in [1.54, 1.807) is 18.7 Å². The Morgan fingerprint density at radius 1 is 1.09 bits per heavy atom. The molecule has 1 unspecified atom stereocenters. The largest absolute Gasteiger partial charge is 0.466 e. The van der Waals surface area contributed by atoms with Crippen molar-refractivity contribution in [3.05, 3.63) is 59.3 Å². The molecule has 0 saturated carbocycles. The fourth-order valence-corrected chi connectivity index (χ4v) is 5.44. The van der Waals surface area contributed by atoms with Gasteiger partial charge >= 0.3 is 12.0 Å². The van der Waals surface area contributed by atoms with Crippen molar-refractivity contribution in [2.45, 2.75) is 55.4 Å². The maximum atomic E-state index is 12.5. The highest BCUT2D eigenvalue weighted by molar-refractivity contribution is 7.99. The fraction of sp³-hybridized carbons (Fsp3) is 0.360. The summed E-state index contributed by atoms with van der Waals surface area (Å²) in [6.45, 7) is 4.90. The van der Waals surface area contributed by atoms with Crippen LogP contribution in [0.25, 0.3) is 0 Å². The van der Waals surface area contributed by atoms with E-state index in [-0.39, 0.29) is 6.03 Å². The SMILES string of the molecule is CCCCCCN1c2ccccc2Sc2cc(C3NC(=O)NC(C)=C3C(=O)OC)ccc21. The van der Waals surface area contributed by atoms with Crippen LogP contribution in [0.5, 0.6) is 0 Å². The Morgan fingerprint density at radius 3 is 2.66 bits per heavy atom. The first-order valence-electron chi connectivity index (χ1n) is 11.1. The first kappa shape index (κ1) is 22.3. The Morgan fingerprint density at radius 2 is 1.88 bits per heavy atom. The molecule has 6 nitrogen and oxygen atoms in total. The van der Waals surface area contributed by atoms with Crippen molar-refractivity contribution < 1.29 is 14.3 Å². The van der Waals surface area contributed by atoms with Crippen molar-refractivity contribution >= 4 is 35.1 Å². The van der Waals surface area contributed by atoms with Crippen LogP contribution in [0.3, 0.4) is 0 Å². The molecule has 2 amide bonds. The van der Waals surface area contributed by atoms with Gasteiger partial charge in [-0.1, -0.05) is 56.1 Å². The molecule has 0 aliphatic carbocycles. The number of nitrogens with zero attached hydrogens (tertiary/aromatic N) is 1. The zero-order valence-corrected chi connectivity index (χ0v) is 19.6. The minimum atomic E-state index is -0.558. The van der Waals surface area contributed by atoms with Crippen molar-refractivity contribution in [3.63, 3.8) is 0 Å². The van der Waals surface area contributed by atoms with Crippen LogP contribution in [-0.2, 0) is 9.53 Å². The Kier molecular flexibility index (Phi) is 6.74. The van der Waals surface area contributed by atoms with Crippen molar-refractivity contribution in [1.29, 1.82) is 0 Å². The molecule has 2 aliphatic heterocycles. The lowest BCUT2D eigenvalue weighted by molar-refractivity contribution is -0.136. The number of carbonyl (C=O) groups is 2. The van der Waals surface area contributed by atoms with Crippen molar-refractivity contribution in [1.82, 2.24) is 10.6 Å². The van der Waals surface area contributed by atoms with Gasteiger partial charge in [-0.25, -0.2) is 9.59 Å². The normalized spacial score (nSPS) is 17.3. The number of esters is 1. The smallest absolute Gasteiger partial charge is 0.337 e. The maximum absolute atomic E-state index is 12.5. The molecule has 2 heterocycles. The summed E-state index contributed by atoms with van der Waals surface area (Å²) in [5.41, 5.74) is 4.18. The van der Waals surface area contributed by atoms with E-state index < -0.39 is 12.0 Å². The van der Waals surface area contributed by atoms with E-state index in [1.807, 2.05) is 6.07 Å². The summed E-state index contributed by atoms with van der Waals surface area (Å²) in [5, 5.41) is 5.56. The fourth-order valence-electron chi connectivity index (χ4n) is 4.29. The predicted molar refractivity (Wildman–Crippen MR) is 127 cm³/mol.